The van der Waals surface area contributed by atoms with Crippen molar-refractivity contribution >= 4 is 11.9 Å². The van der Waals surface area contributed by atoms with Gasteiger partial charge in [0.1, 0.15) is 42.7 Å². The van der Waals surface area contributed by atoms with Crippen molar-refractivity contribution in [3.05, 3.63) is 156 Å². The van der Waals surface area contributed by atoms with Gasteiger partial charge in [0.25, 0.3) is 0 Å². The molecule has 7 rings (SSSR count). The van der Waals surface area contributed by atoms with E-state index in [1.165, 1.54) is 13.8 Å². The van der Waals surface area contributed by atoms with E-state index in [0.29, 0.717) is 0 Å². The Morgan fingerprint density at radius 3 is 1.38 bits per heavy atom. The van der Waals surface area contributed by atoms with E-state index < -0.39 is 98.0 Å². The Morgan fingerprint density at radius 2 is 0.926 bits per heavy atom. The van der Waals surface area contributed by atoms with Crippen molar-refractivity contribution in [3.8, 4) is 0 Å². The summed E-state index contributed by atoms with van der Waals surface area (Å²) >= 11 is 0. The molecule has 0 radical (unpaired) electrons. The number of carbonyl (C=O) groups excluding carboxylic acids is 2. The normalized spacial score (nSPS) is 31.6. The van der Waals surface area contributed by atoms with Crippen LogP contribution in [0.25, 0.3) is 0 Å². The van der Waals surface area contributed by atoms with Gasteiger partial charge in [0, 0.05) is 13.8 Å². The summed E-state index contributed by atoms with van der Waals surface area (Å²) in [6, 6.07) is 37.5. The van der Waals surface area contributed by atoms with Crippen LogP contribution in [-0.2, 0) is 88.1 Å². The first-order valence-electron chi connectivity index (χ1n) is 23.2. The third-order valence-electron chi connectivity index (χ3n) is 12.1. The van der Waals surface area contributed by atoms with Gasteiger partial charge in [-0.1, -0.05) is 127 Å². The van der Waals surface area contributed by atoms with Gasteiger partial charge in [-0.15, -0.1) is 6.58 Å². The van der Waals surface area contributed by atoms with Crippen molar-refractivity contribution in [2.45, 2.75) is 153 Å². The average molecular weight is 940 g/mol. The van der Waals surface area contributed by atoms with E-state index in [2.05, 4.69) is 11.9 Å². The highest BCUT2D eigenvalue weighted by molar-refractivity contribution is 5.73. The topological polar surface area (TPSA) is 168 Å². The molecule has 3 aliphatic rings. The molecule has 1 amide bonds. The maximum atomic E-state index is 13.0. The monoisotopic (exact) mass is 939 g/mol. The van der Waals surface area contributed by atoms with Gasteiger partial charge in [-0.05, 0) is 43.0 Å². The predicted molar refractivity (Wildman–Crippen MR) is 248 cm³/mol. The molecule has 15 heteroatoms. The number of hydrogen-bond acceptors (Lipinski definition) is 14. The summed E-state index contributed by atoms with van der Waals surface area (Å²) in [5, 5.41) is 14.6. The molecule has 0 saturated carbocycles. The fraction of sp³-hybridized carbons (Fsp3) is 0.472. The number of aliphatic hydroxyl groups excluding tert-OH is 1. The lowest BCUT2D eigenvalue weighted by Crippen LogP contribution is -2.68. The molecule has 3 fully saturated rings. The van der Waals surface area contributed by atoms with Crippen LogP contribution in [0.1, 0.15) is 56.9 Å². The standard InChI is InChI=1S/C53H65NO14/c1-7-28-58-47-44(59-29-38-20-12-8-13-21-38)35(4)65-53(50(47)68-52-46(61-31-40-24-16-10-17-25-40)42(54-36(5)55)43(33(2)64-52)66-37(6)56)67-48-45(60-30-39-22-14-9-15-23-39)34(3)63-51(57)49(48)62-32-41-26-18-11-19-27-41/h7-27,33-35,42-53,57H,1,28-32H2,2-6H3,(H,54,55)/t33-,34-,35-,42+,43+,44-,45-,46-,47+,48+,49+,50+,51+,52-,53+/m1/s1. The zero-order valence-electron chi connectivity index (χ0n) is 39.3. The van der Waals surface area contributed by atoms with Crippen molar-refractivity contribution in [1.29, 1.82) is 0 Å². The molecule has 366 valence electrons. The number of aliphatic hydroxyl groups is 1. The Labute approximate surface area is 398 Å². The van der Waals surface area contributed by atoms with Crippen molar-refractivity contribution in [2.75, 3.05) is 6.61 Å². The number of benzene rings is 4. The zero-order valence-corrected chi connectivity index (χ0v) is 39.3. The second-order valence-corrected chi connectivity index (χ2v) is 17.3. The number of rotatable bonds is 21. The molecule has 3 heterocycles. The highest BCUT2D eigenvalue weighted by atomic mass is 16.8. The molecule has 0 aromatic heterocycles. The summed E-state index contributed by atoms with van der Waals surface area (Å²) in [6.07, 6.45) is -12.3. The van der Waals surface area contributed by atoms with Crippen molar-refractivity contribution < 1.29 is 66.8 Å². The summed E-state index contributed by atoms with van der Waals surface area (Å²) in [5.41, 5.74) is 3.54. The van der Waals surface area contributed by atoms with Crippen LogP contribution < -0.4 is 5.32 Å². The van der Waals surface area contributed by atoms with Gasteiger partial charge in [0.05, 0.1) is 57.4 Å². The molecule has 15 atom stereocenters. The van der Waals surface area contributed by atoms with Crippen molar-refractivity contribution in [2.24, 2.45) is 0 Å². The van der Waals surface area contributed by atoms with E-state index in [1.54, 1.807) is 19.9 Å². The van der Waals surface area contributed by atoms with Gasteiger partial charge in [-0.2, -0.15) is 0 Å². The molecule has 15 nitrogen and oxygen atoms in total. The molecular weight excluding hydrogens is 875 g/mol. The molecule has 4 aromatic carbocycles. The molecule has 3 aliphatic heterocycles. The highest BCUT2D eigenvalue weighted by Gasteiger charge is 2.56. The fourth-order valence-corrected chi connectivity index (χ4v) is 8.82. The smallest absolute Gasteiger partial charge is 0.303 e. The number of hydrogen-bond donors (Lipinski definition) is 2. The van der Waals surface area contributed by atoms with E-state index in [4.69, 9.17) is 52.1 Å². The molecule has 2 N–H and O–H groups in total. The Hall–Kier alpha value is -4.88. The Balaban J connectivity index is 1.29. The van der Waals surface area contributed by atoms with Crippen LogP contribution in [0.4, 0.5) is 0 Å². The molecule has 0 unspecified atom stereocenters. The zero-order chi connectivity index (χ0) is 48.0. The lowest BCUT2D eigenvalue weighted by atomic mass is 9.94. The van der Waals surface area contributed by atoms with Crippen LogP contribution in [0.5, 0.6) is 0 Å². The molecule has 68 heavy (non-hydrogen) atoms. The third-order valence-corrected chi connectivity index (χ3v) is 12.1. The first kappa shape index (κ1) is 51.0. The van der Waals surface area contributed by atoms with Crippen molar-refractivity contribution in [1.82, 2.24) is 5.32 Å². The number of amides is 1. The Bertz CT molecular complexity index is 2080. The Morgan fingerprint density at radius 1 is 0.529 bits per heavy atom. The molecule has 4 aromatic rings. The summed E-state index contributed by atoms with van der Waals surface area (Å²) < 4.78 is 72.8. The van der Waals surface area contributed by atoms with E-state index >= 15 is 0 Å². The molecule has 0 bridgehead atoms. The Kier molecular flexibility index (Phi) is 18.8. The first-order chi connectivity index (χ1) is 33.0. The highest BCUT2D eigenvalue weighted by Crippen LogP contribution is 2.38. The second-order valence-electron chi connectivity index (χ2n) is 17.3. The summed E-state index contributed by atoms with van der Waals surface area (Å²) in [4.78, 5) is 25.5. The number of nitrogens with one attached hydrogen (secondary N) is 1. The summed E-state index contributed by atoms with van der Waals surface area (Å²) in [5.74, 6) is -0.955. The van der Waals surface area contributed by atoms with Crippen LogP contribution >= 0.6 is 0 Å². The SMILES string of the molecule is C=CCO[C@@H]1[C@H](O[C@H]2O[C@H](C)[C@H](OC(C)=O)[C@H](NC(C)=O)[C@H]2OCc2ccccc2)[C@H](O[C@H]2[C@H](OCc3ccccc3)[C@@H](C)O[C@H](O)[C@H]2OCc2ccccc2)O[C@H](C)[C@H]1OCc1ccccc1. The van der Waals surface area contributed by atoms with Crippen LogP contribution in [0.15, 0.2) is 134 Å². The van der Waals surface area contributed by atoms with E-state index in [-0.39, 0.29) is 38.9 Å². The maximum Gasteiger partial charge on any atom is 0.303 e. The quantitative estimate of drug-likeness (QED) is 0.0703. The molecule has 0 spiro atoms. The number of ether oxygens (including phenoxy) is 11. The van der Waals surface area contributed by atoms with E-state index in [0.717, 1.165) is 22.3 Å². The maximum absolute atomic E-state index is 13.0. The second kappa shape index (κ2) is 25.1. The molecule has 0 aliphatic carbocycles. The van der Waals surface area contributed by atoms with Crippen molar-refractivity contribution in [3.63, 3.8) is 0 Å². The first-order valence-corrected chi connectivity index (χ1v) is 23.2. The van der Waals surface area contributed by atoms with Crippen LogP contribution in [-0.4, -0.2) is 116 Å². The van der Waals surface area contributed by atoms with Crippen LogP contribution in [0, 0.1) is 0 Å². The van der Waals surface area contributed by atoms with Gasteiger partial charge < -0.3 is 62.5 Å². The van der Waals surface area contributed by atoms with Crippen LogP contribution in [0.2, 0.25) is 0 Å². The lowest BCUT2D eigenvalue weighted by molar-refractivity contribution is -0.389. The minimum atomic E-state index is -1.43. The third kappa shape index (κ3) is 13.7. The molecular formula is C53H65NO14. The largest absolute Gasteiger partial charge is 0.457 e. The van der Waals surface area contributed by atoms with Gasteiger partial charge in [0.15, 0.2) is 25.0 Å². The minimum Gasteiger partial charge on any atom is -0.457 e. The van der Waals surface area contributed by atoms with Gasteiger partial charge in [-0.3, -0.25) is 9.59 Å². The van der Waals surface area contributed by atoms with E-state index in [9.17, 15) is 14.7 Å². The minimum absolute atomic E-state index is 0.0854. The summed E-state index contributed by atoms with van der Waals surface area (Å²) in [7, 11) is 0. The van der Waals surface area contributed by atoms with Gasteiger partial charge in [0.2, 0.25) is 5.91 Å². The summed E-state index contributed by atoms with van der Waals surface area (Å²) in [6.45, 7) is 12.7. The fourth-order valence-electron chi connectivity index (χ4n) is 8.82. The number of esters is 1. The lowest BCUT2D eigenvalue weighted by Gasteiger charge is -2.51. The predicted octanol–water partition coefficient (Wildman–Crippen LogP) is 6.33. The average Bonchev–Trinajstić information content (AvgIpc) is 3.33. The number of carbonyl (C=O) groups is 2. The van der Waals surface area contributed by atoms with Gasteiger partial charge >= 0.3 is 5.97 Å². The van der Waals surface area contributed by atoms with E-state index in [1.807, 2.05) is 128 Å². The van der Waals surface area contributed by atoms with Crippen LogP contribution in [0.3, 0.4) is 0 Å². The molecule has 3 saturated heterocycles. The van der Waals surface area contributed by atoms with Gasteiger partial charge in [-0.25, -0.2) is 0 Å².